The highest BCUT2D eigenvalue weighted by atomic mass is 15.1. The first kappa shape index (κ1) is 14.7. The molecule has 0 saturated carbocycles. The van der Waals surface area contributed by atoms with E-state index in [0.29, 0.717) is 0 Å². The van der Waals surface area contributed by atoms with E-state index in [1.165, 1.54) is 16.7 Å². The van der Waals surface area contributed by atoms with Crippen LogP contribution in [-0.2, 0) is 6.54 Å². The molecule has 20 heavy (non-hydrogen) atoms. The van der Waals surface area contributed by atoms with Gasteiger partial charge in [-0.3, -0.25) is 9.88 Å². The highest BCUT2D eigenvalue weighted by Crippen LogP contribution is 2.14. The largest absolute Gasteiger partial charge is 0.323 e. The van der Waals surface area contributed by atoms with Gasteiger partial charge in [0, 0.05) is 31.5 Å². The molecule has 0 spiro atoms. The Morgan fingerprint density at radius 1 is 1.10 bits per heavy atom. The van der Waals surface area contributed by atoms with E-state index < -0.39 is 0 Å². The molecule has 1 aromatic heterocycles. The number of rotatable bonds is 6. The van der Waals surface area contributed by atoms with Crippen LogP contribution in [-0.4, -0.2) is 23.0 Å². The zero-order valence-corrected chi connectivity index (χ0v) is 12.3. The van der Waals surface area contributed by atoms with Crippen molar-refractivity contribution in [3.8, 4) is 0 Å². The smallest absolute Gasteiger partial charge is 0.0424 e. The Morgan fingerprint density at radius 3 is 2.35 bits per heavy atom. The van der Waals surface area contributed by atoms with E-state index in [0.717, 1.165) is 19.6 Å². The average molecular weight is 269 g/mol. The van der Waals surface area contributed by atoms with Gasteiger partial charge in [-0.2, -0.15) is 0 Å². The number of pyridine rings is 1. The van der Waals surface area contributed by atoms with Gasteiger partial charge in [0.05, 0.1) is 0 Å². The van der Waals surface area contributed by atoms with Crippen molar-refractivity contribution >= 4 is 0 Å². The van der Waals surface area contributed by atoms with Crippen LogP contribution >= 0.6 is 0 Å². The second-order valence-electron chi connectivity index (χ2n) is 5.20. The van der Waals surface area contributed by atoms with Crippen molar-refractivity contribution < 1.29 is 0 Å². The van der Waals surface area contributed by atoms with Gasteiger partial charge in [-0.15, -0.1) is 0 Å². The molecule has 2 rings (SSSR count). The molecule has 0 amide bonds. The molecule has 0 fully saturated rings. The van der Waals surface area contributed by atoms with Crippen LogP contribution < -0.4 is 5.73 Å². The lowest BCUT2D eigenvalue weighted by atomic mass is 10.1. The van der Waals surface area contributed by atoms with E-state index in [4.69, 9.17) is 5.73 Å². The topological polar surface area (TPSA) is 42.2 Å². The summed E-state index contributed by atoms with van der Waals surface area (Å²) in [5.41, 5.74) is 10.1. The van der Waals surface area contributed by atoms with Gasteiger partial charge < -0.3 is 5.73 Å². The minimum Gasteiger partial charge on any atom is -0.323 e. The van der Waals surface area contributed by atoms with E-state index in [1.54, 1.807) is 0 Å². The number of nitrogens with zero attached hydrogens (tertiary/aromatic N) is 2. The average Bonchev–Trinajstić information content (AvgIpc) is 2.48. The quantitative estimate of drug-likeness (QED) is 0.876. The monoisotopic (exact) mass is 269 g/mol. The lowest BCUT2D eigenvalue weighted by Gasteiger charge is -2.24. The van der Waals surface area contributed by atoms with Gasteiger partial charge in [0.25, 0.3) is 0 Å². The molecule has 2 N–H and O–H groups in total. The molecule has 0 saturated heterocycles. The second-order valence-corrected chi connectivity index (χ2v) is 5.20. The predicted molar refractivity (Wildman–Crippen MR) is 83.3 cm³/mol. The Kier molecular flexibility index (Phi) is 5.27. The third-order valence-corrected chi connectivity index (χ3v) is 3.56. The highest BCUT2D eigenvalue weighted by molar-refractivity contribution is 5.24. The van der Waals surface area contributed by atoms with E-state index >= 15 is 0 Å². The van der Waals surface area contributed by atoms with Gasteiger partial charge in [0.15, 0.2) is 0 Å². The SMILES string of the molecule is CCN(Cc1ccncc1)CC(N)c1ccc(C)cc1. The molecule has 1 atom stereocenters. The number of aryl methyl sites for hydroxylation is 1. The number of likely N-dealkylation sites (N-methyl/N-ethyl adjacent to an activating group) is 1. The molecule has 1 unspecified atom stereocenters. The lowest BCUT2D eigenvalue weighted by molar-refractivity contribution is 0.262. The molecular formula is C17H23N3. The summed E-state index contributed by atoms with van der Waals surface area (Å²) in [5.74, 6) is 0. The van der Waals surface area contributed by atoms with Gasteiger partial charge >= 0.3 is 0 Å². The zero-order chi connectivity index (χ0) is 14.4. The summed E-state index contributed by atoms with van der Waals surface area (Å²) in [6.45, 7) is 7.03. The van der Waals surface area contributed by atoms with Crippen LogP contribution in [0.2, 0.25) is 0 Å². The molecule has 0 aliphatic rings. The van der Waals surface area contributed by atoms with Crippen molar-refractivity contribution in [2.45, 2.75) is 26.4 Å². The van der Waals surface area contributed by atoms with E-state index in [2.05, 4.69) is 60.1 Å². The fourth-order valence-corrected chi connectivity index (χ4v) is 2.25. The van der Waals surface area contributed by atoms with E-state index in [-0.39, 0.29) is 6.04 Å². The van der Waals surface area contributed by atoms with Crippen molar-refractivity contribution in [3.05, 3.63) is 65.5 Å². The van der Waals surface area contributed by atoms with Crippen LogP contribution in [0.25, 0.3) is 0 Å². The first-order valence-electron chi connectivity index (χ1n) is 7.12. The second kappa shape index (κ2) is 7.17. The molecule has 3 heteroatoms. The lowest BCUT2D eigenvalue weighted by Crippen LogP contribution is -2.31. The molecule has 2 aromatic rings. The number of hydrogen-bond acceptors (Lipinski definition) is 3. The van der Waals surface area contributed by atoms with Crippen LogP contribution in [0.15, 0.2) is 48.8 Å². The Balaban J connectivity index is 1.97. The predicted octanol–water partition coefficient (Wildman–Crippen LogP) is 2.91. The molecule has 0 aliphatic carbocycles. The summed E-state index contributed by atoms with van der Waals surface area (Å²) in [4.78, 5) is 6.41. The highest BCUT2D eigenvalue weighted by Gasteiger charge is 2.11. The van der Waals surface area contributed by atoms with Gasteiger partial charge in [-0.1, -0.05) is 36.8 Å². The van der Waals surface area contributed by atoms with Gasteiger partial charge in [-0.05, 0) is 36.7 Å². The van der Waals surface area contributed by atoms with Crippen LogP contribution in [0.1, 0.15) is 29.7 Å². The van der Waals surface area contributed by atoms with E-state index in [9.17, 15) is 0 Å². The molecule has 1 heterocycles. The Hall–Kier alpha value is -1.71. The molecule has 0 aliphatic heterocycles. The fraction of sp³-hybridized carbons (Fsp3) is 0.353. The fourth-order valence-electron chi connectivity index (χ4n) is 2.25. The number of aromatic nitrogens is 1. The number of nitrogens with two attached hydrogens (primary N) is 1. The maximum Gasteiger partial charge on any atom is 0.0424 e. The van der Waals surface area contributed by atoms with Crippen LogP contribution in [0.5, 0.6) is 0 Å². The summed E-state index contributed by atoms with van der Waals surface area (Å²) in [6.07, 6.45) is 3.67. The number of benzene rings is 1. The number of hydrogen-bond donors (Lipinski definition) is 1. The normalized spacial score (nSPS) is 12.6. The third kappa shape index (κ3) is 4.15. The van der Waals surface area contributed by atoms with Gasteiger partial charge in [0.1, 0.15) is 0 Å². The first-order valence-corrected chi connectivity index (χ1v) is 7.12. The van der Waals surface area contributed by atoms with Crippen LogP contribution in [0, 0.1) is 6.92 Å². The Labute approximate surface area is 121 Å². The molecular weight excluding hydrogens is 246 g/mol. The van der Waals surface area contributed by atoms with Crippen molar-refractivity contribution in [1.82, 2.24) is 9.88 Å². The molecule has 106 valence electrons. The maximum absolute atomic E-state index is 6.32. The molecule has 0 bridgehead atoms. The summed E-state index contributed by atoms with van der Waals surface area (Å²) < 4.78 is 0. The minimum atomic E-state index is 0.0531. The minimum absolute atomic E-state index is 0.0531. The summed E-state index contributed by atoms with van der Waals surface area (Å²) >= 11 is 0. The first-order chi connectivity index (χ1) is 9.69. The molecule has 3 nitrogen and oxygen atoms in total. The van der Waals surface area contributed by atoms with Crippen molar-refractivity contribution in [2.75, 3.05) is 13.1 Å². The third-order valence-electron chi connectivity index (χ3n) is 3.56. The van der Waals surface area contributed by atoms with Crippen molar-refractivity contribution in [1.29, 1.82) is 0 Å². The Bertz CT molecular complexity index is 508. The molecule has 0 radical (unpaired) electrons. The summed E-state index contributed by atoms with van der Waals surface area (Å²) in [7, 11) is 0. The maximum atomic E-state index is 6.32. The zero-order valence-electron chi connectivity index (χ0n) is 12.3. The van der Waals surface area contributed by atoms with Crippen molar-refractivity contribution in [3.63, 3.8) is 0 Å². The Morgan fingerprint density at radius 2 is 1.75 bits per heavy atom. The van der Waals surface area contributed by atoms with Crippen LogP contribution in [0.4, 0.5) is 0 Å². The van der Waals surface area contributed by atoms with Crippen molar-refractivity contribution in [2.24, 2.45) is 5.73 Å². The van der Waals surface area contributed by atoms with Gasteiger partial charge in [-0.25, -0.2) is 0 Å². The van der Waals surface area contributed by atoms with E-state index in [1.807, 2.05) is 12.4 Å². The summed E-state index contributed by atoms with van der Waals surface area (Å²) in [6, 6.07) is 12.7. The molecule has 1 aromatic carbocycles. The summed E-state index contributed by atoms with van der Waals surface area (Å²) in [5, 5.41) is 0. The van der Waals surface area contributed by atoms with Gasteiger partial charge in [0.2, 0.25) is 0 Å². The van der Waals surface area contributed by atoms with Crippen LogP contribution in [0.3, 0.4) is 0 Å². The standard InChI is InChI=1S/C17H23N3/c1-3-20(12-15-8-10-19-11-9-15)13-17(18)16-6-4-14(2)5-7-16/h4-11,17H,3,12-13,18H2,1-2H3.